The summed E-state index contributed by atoms with van der Waals surface area (Å²) >= 11 is 0. The third-order valence-electron chi connectivity index (χ3n) is 5.44. The maximum absolute atomic E-state index is 12.6. The molecule has 1 atom stereocenters. The van der Waals surface area contributed by atoms with Crippen molar-refractivity contribution in [1.82, 2.24) is 25.5 Å². The second-order valence-corrected chi connectivity index (χ2v) is 7.61. The Morgan fingerprint density at radius 3 is 2.69 bits per heavy atom. The van der Waals surface area contributed by atoms with Crippen molar-refractivity contribution in [1.29, 1.82) is 0 Å². The summed E-state index contributed by atoms with van der Waals surface area (Å²) in [6.07, 6.45) is 0.923. The molecule has 0 bridgehead atoms. The zero-order valence-corrected chi connectivity index (χ0v) is 17.8. The Morgan fingerprint density at radius 1 is 1.16 bits per heavy atom. The molecule has 1 aliphatic heterocycles. The number of fused-ring (bicyclic) bond motifs is 1. The molecule has 9 nitrogen and oxygen atoms in total. The van der Waals surface area contributed by atoms with Crippen LogP contribution in [-0.2, 0) is 22.6 Å². The number of amides is 4. The summed E-state index contributed by atoms with van der Waals surface area (Å²) in [7, 11) is 1.60. The first-order valence-electron chi connectivity index (χ1n) is 10.5. The molecule has 1 fully saturated rings. The van der Waals surface area contributed by atoms with Crippen molar-refractivity contribution in [3.05, 3.63) is 59.9 Å². The second kappa shape index (κ2) is 9.51. The maximum Gasteiger partial charge on any atom is 0.324 e. The van der Waals surface area contributed by atoms with Gasteiger partial charge in [-0.25, -0.2) is 9.78 Å². The van der Waals surface area contributed by atoms with Crippen LogP contribution in [0, 0.1) is 0 Å². The minimum absolute atomic E-state index is 0.128. The van der Waals surface area contributed by atoms with Crippen LogP contribution in [-0.4, -0.2) is 52.4 Å². The Balaban J connectivity index is 1.23. The lowest BCUT2D eigenvalue weighted by Crippen LogP contribution is -2.34. The number of aromatic amines is 1. The fourth-order valence-corrected chi connectivity index (χ4v) is 3.65. The second-order valence-electron chi connectivity index (χ2n) is 7.61. The van der Waals surface area contributed by atoms with E-state index < -0.39 is 12.1 Å². The van der Waals surface area contributed by atoms with Crippen LogP contribution in [0.15, 0.2) is 48.5 Å². The first kappa shape index (κ1) is 21.4. The van der Waals surface area contributed by atoms with Gasteiger partial charge in [-0.2, -0.15) is 0 Å². The first-order chi connectivity index (χ1) is 15.5. The molecule has 0 spiro atoms. The van der Waals surface area contributed by atoms with Crippen LogP contribution in [0.3, 0.4) is 0 Å². The third-order valence-corrected chi connectivity index (χ3v) is 5.44. The summed E-state index contributed by atoms with van der Waals surface area (Å²) in [5, 5.41) is 5.47. The molecule has 2 aromatic carbocycles. The largest absolute Gasteiger partial charge is 0.497 e. The van der Waals surface area contributed by atoms with Crippen LogP contribution in [0.25, 0.3) is 11.0 Å². The maximum atomic E-state index is 12.6. The van der Waals surface area contributed by atoms with Crippen LogP contribution in [0.5, 0.6) is 5.75 Å². The molecular formula is C23H25N5O4. The van der Waals surface area contributed by atoms with Crippen molar-refractivity contribution in [3.63, 3.8) is 0 Å². The van der Waals surface area contributed by atoms with E-state index in [9.17, 15) is 14.4 Å². The highest BCUT2D eigenvalue weighted by Crippen LogP contribution is 2.15. The van der Waals surface area contributed by atoms with Crippen molar-refractivity contribution in [3.8, 4) is 5.75 Å². The molecule has 32 heavy (non-hydrogen) atoms. The molecule has 1 aliphatic rings. The summed E-state index contributed by atoms with van der Waals surface area (Å²) in [5.74, 6) is 0.912. The number of carbonyl (C=O) groups excluding carboxylic acids is 3. The number of nitrogens with one attached hydrogen (secondary N) is 3. The average Bonchev–Trinajstić information content (AvgIpc) is 3.35. The van der Waals surface area contributed by atoms with E-state index in [4.69, 9.17) is 4.74 Å². The number of benzene rings is 2. The highest BCUT2D eigenvalue weighted by molar-refractivity contribution is 6.04. The van der Waals surface area contributed by atoms with Crippen LogP contribution >= 0.6 is 0 Å². The van der Waals surface area contributed by atoms with Crippen LogP contribution in [0.4, 0.5) is 4.79 Å². The standard InChI is InChI=1S/C23H25N5O4/c1-32-16-8-6-15(7-9-16)12-13-28-22(30)19(27-23(28)31)10-11-21(29)24-14-20-25-17-4-2-3-5-18(17)26-20/h2-9,19H,10-14H2,1H3,(H,24,29)(H,25,26)(H,27,31). The molecule has 3 aromatic rings. The van der Waals surface area contributed by atoms with Gasteiger partial charge < -0.3 is 20.4 Å². The number of para-hydroxylation sites is 2. The quantitative estimate of drug-likeness (QED) is 0.445. The number of nitrogens with zero attached hydrogens (tertiary/aromatic N) is 2. The molecule has 0 radical (unpaired) electrons. The number of rotatable bonds is 9. The summed E-state index contributed by atoms with van der Waals surface area (Å²) in [5.41, 5.74) is 2.75. The summed E-state index contributed by atoms with van der Waals surface area (Å²) in [6.45, 7) is 0.554. The number of urea groups is 1. The number of imidazole rings is 1. The predicted molar refractivity (Wildman–Crippen MR) is 118 cm³/mol. The van der Waals surface area contributed by atoms with Gasteiger partial charge in [-0.05, 0) is 42.7 Å². The normalized spacial score (nSPS) is 15.8. The molecule has 166 valence electrons. The molecular weight excluding hydrogens is 410 g/mol. The van der Waals surface area contributed by atoms with Gasteiger partial charge in [0.25, 0.3) is 5.91 Å². The summed E-state index contributed by atoms with van der Waals surface area (Å²) in [4.78, 5) is 45.8. The zero-order valence-electron chi connectivity index (χ0n) is 17.8. The molecule has 0 saturated carbocycles. The first-order valence-corrected chi connectivity index (χ1v) is 10.5. The van der Waals surface area contributed by atoms with Gasteiger partial charge in [-0.3, -0.25) is 14.5 Å². The highest BCUT2D eigenvalue weighted by atomic mass is 16.5. The fourth-order valence-electron chi connectivity index (χ4n) is 3.65. The van der Waals surface area contributed by atoms with Gasteiger partial charge in [0, 0.05) is 13.0 Å². The number of H-pyrrole nitrogens is 1. The molecule has 4 amide bonds. The fraction of sp³-hybridized carbons (Fsp3) is 0.304. The van der Waals surface area contributed by atoms with Crippen molar-refractivity contribution in [2.24, 2.45) is 0 Å². The zero-order chi connectivity index (χ0) is 22.5. The van der Waals surface area contributed by atoms with Crippen molar-refractivity contribution >= 4 is 28.9 Å². The molecule has 1 unspecified atom stereocenters. The van der Waals surface area contributed by atoms with E-state index in [1.807, 2.05) is 48.5 Å². The van der Waals surface area contributed by atoms with E-state index in [0.29, 0.717) is 12.2 Å². The Hall–Kier alpha value is -3.88. The van der Waals surface area contributed by atoms with Gasteiger partial charge in [-0.1, -0.05) is 24.3 Å². The van der Waals surface area contributed by atoms with Crippen LogP contribution < -0.4 is 15.4 Å². The lowest BCUT2D eigenvalue weighted by molar-refractivity contribution is -0.127. The van der Waals surface area contributed by atoms with Crippen molar-refractivity contribution in [2.45, 2.75) is 31.8 Å². The molecule has 4 rings (SSSR count). The number of hydrogen-bond acceptors (Lipinski definition) is 5. The molecule has 9 heteroatoms. The Kier molecular flexibility index (Phi) is 6.34. The number of hydrogen-bond donors (Lipinski definition) is 3. The van der Waals surface area contributed by atoms with Gasteiger partial charge in [0.1, 0.15) is 17.6 Å². The molecule has 1 saturated heterocycles. The Morgan fingerprint density at radius 2 is 1.94 bits per heavy atom. The van der Waals surface area contributed by atoms with E-state index in [-0.39, 0.29) is 37.7 Å². The van der Waals surface area contributed by atoms with Gasteiger partial charge in [0.05, 0.1) is 24.7 Å². The minimum atomic E-state index is -0.685. The van der Waals surface area contributed by atoms with Gasteiger partial charge in [0.2, 0.25) is 5.91 Å². The highest BCUT2D eigenvalue weighted by Gasteiger charge is 2.37. The Labute approximate surface area is 185 Å². The lowest BCUT2D eigenvalue weighted by Gasteiger charge is -2.13. The number of carbonyl (C=O) groups is 3. The predicted octanol–water partition coefficient (Wildman–Crippen LogP) is 2.13. The monoisotopic (exact) mass is 435 g/mol. The van der Waals surface area contributed by atoms with Crippen molar-refractivity contribution < 1.29 is 19.1 Å². The molecule has 2 heterocycles. The molecule has 1 aromatic heterocycles. The van der Waals surface area contributed by atoms with E-state index in [0.717, 1.165) is 22.3 Å². The van der Waals surface area contributed by atoms with Gasteiger partial charge in [0.15, 0.2) is 0 Å². The minimum Gasteiger partial charge on any atom is -0.497 e. The van der Waals surface area contributed by atoms with E-state index >= 15 is 0 Å². The molecule has 3 N–H and O–H groups in total. The van der Waals surface area contributed by atoms with Crippen LogP contribution in [0.1, 0.15) is 24.2 Å². The Bertz CT molecular complexity index is 1090. The summed E-state index contributed by atoms with van der Waals surface area (Å²) < 4.78 is 5.13. The number of methoxy groups -OCH3 is 1. The van der Waals surface area contributed by atoms with Crippen molar-refractivity contribution in [2.75, 3.05) is 13.7 Å². The number of ether oxygens (including phenoxy) is 1. The van der Waals surface area contributed by atoms with E-state index in [2.05, 4.69) is 20.6 Å². The van der Waals surface area contributed by atoms with E-state index in [1.54, 1.807) is 7.11 Å². The SMILES string of the molecule is COc1ccc(CCN2C(=O)NC(CCC(=O)NCc3nc4ccccc4[nH]3)C2=O)cc1. The third kappa shape index (κ3) is 4.88. The van der Waals surface area contributed by atoms with E-state index in [1.165, 1.54) is 4.90 Å². The number of aromatic nitrogens is 2. The smallest absolute Gasteiger partial charge is 0.324 e. The summed E-state index contributed by atoms with van der Waals surface area (Å²) in [6, 6.07) is 14.0. The number of imide groups is 1. The van der Waals surface area contributed by atoms with Gasteiger partial charge in [-0.15, -0.1) is 0 Å². The average molecular weight is 435 g/mol. The van der Waals surface area contributed by atoms with Gasteiger partial charge >= 0.3 is 6.03 Å². The lowest BCUT2D eigenvalue weighted by atomic mass is 10.1. The van der Waals surface area contributed by atoms with Crippen LogP contribution in [0.2, 0.25) is 0 Å². The molecule has 0 aliphatic carbocycles. The topological polar surface area (TPSA) is 116 Å².